The molecule has 2 rings (SSSR count). The minimum absolute atomic E-state index is 0.0912. The van der Waals surface area contributed by atoms with Gasteiger partial charge >= 0.3 is 0 Å². The smallest absolute Gasteiger partial charge is 0.248 e. The van der Waals surface area contributed by atoms with Crippen molar-refractivity contribution in [2.24, 2.45) is 5.92 Å². The molecule has 0 aromatic carbocycles. The van der Waals surface area contributed by atoms with Crippen molar-refractivity contribution in [1.82, 2.24) is 14.7 Å². The first kappa shape index (κ1) is 17.2. The number of carbonyl (C=O) groups is 2. The Labute approximate surface area is 133 Å². The molecule has 22 heavy (non-hydrogen) atoms. The van der Waals surface area contributed by atoms with E-state index in [0.29, 0.717) is 12.3 Å². The zero-order valence-corrected chi connectivity index (χ0v) is 13.9. The minimum atomic E-state index is 0.0912. The highest BCUT2D eigenvalue weighted by Gasteiger charge is 2.26. The third-order valence-corrected chi connectivity index (χ3v) is 4.78. The normalized spacial score (nSPS) is 21.2. The molecular weight excluding hydrogens is 282 g/mol. The van der Waals surface area contributed by atoms with Gasteiger partial charge in [0.25, 0.3) is 0 Å². The van der Waals surface area contributed by atoms with Crippen LogP contribution >= 0.6 is 0 Å². The van der Waals surface area contributed by atoms with Gasteiger partial charge in [-0.3, -0.25) is 14.5 Å². The van der Waals surface area contributed by atoms with Crippen molar-refractivity contribution in [2.75, 3.05) is 59.5 Å². The van der Waals surface area contributed by atoms with E-state index in [9.17, 15) is 9.59 Å². The molecule has 6 heteroatoms. The van der Waals surface area contributed by atoms with E-state index < -0.39 is 0 Å². The van der Waals surface area contributed by atoms with E-state index >= 15 is 0 Å². The molecule has 0 N–H and O–H groups in total. The average Bonchev–Trinajstić information content (AvgIpc) is 2.55. The summed E-state index contributed by atoms with van der Waals surface area (Å²) >= 11 is 0. The zero-order valence-electron chi connectivity index (χ0n) is 13.9. The highest BCUT2D eigenvalue weighted by atomic mass is 16.5. The van der Waals surface area contributed by atoms with E-state index in [4.69, 9.17) is 4.74 Å². The van der Waals surface area contributed by atoms with E-state index in [1.807, 2.05) is 16.7 Å². The number of piperidine rings is 1. The van der Waals surface area contributed by atoms with Crippen molar-refractivity contribution in [3.05, 3.63) is 0 Å². The highest BCUT2D eigenvalue weighted by Crippen LogP contribution is 2.19. The van der Waals surface area contributed by atoms with E-state index in [0.717, 1.165) is 58.7 Å². The van der Waals surface area contributed by atoms with Crippen molar-refractivity contribution in [1.29, 1.82) is 0 Å². The standard InChI is InChI=1S/C16H29N3O3/c1-3-15(20)18-6-4-14(5-7-18)12-17-8-10-19(11-9-17)16(21)13-22-2/h14H,3-13H2,1-2H3. The average molecular weight is 311 g/mol. The summed E-state index contributed by atoms with van der Waals surface area (Å²) in [5.74, 6) is 1.05. The lowest BCUT2D eigenvalue weighted by molar-refractivity contribution is -0.137. The second-order valence-electron chi connectivity index (χ2n) is 6.29. The first-order valence-electron chi connectivity index (χ1n) is 8.40. The fourth-order valence-corrected chi connectivity index (χ4v) is 3.35. The summed E-state index contributed by atoms with van der Waals surface area (Å²) in [5.41, 5.74) is 0. The van der Waals surface area contributed by atoms with Crippen molar-refractivity contribution in [2.45, 2.75) is 26.2 Å². The number of nitrogens with zero attached hydrogens (tertiary/aromatic N) is 3. The van der Waals surface area contributed by atoms with Gasteiger partial charge in [-0.15, -0.1) is 0 Å². The third kappa shape index (κ3) is 4.68. The second kappa shape index (κ2) is 8.48. The molecule has 0 atom stereocenters. The van der Waals surface area contributed by atoms with Crippen molar-refractivity contribution >= 4 is 11.8 Å². The number of carbonyl (C=O) groups excluding carboxylic acids is 2. The molecule has 0 aliphatic carbocycles. The molecule has 0 bridgehead atoms. The molecular formula is C16H29N3O3. The second-order valence-corrected chi connectivity index (χ2v) is 6.29. The maximum absolute atomic E-state index is 11.8. The Bertz CT molecular complexity index is 373. The van der Waals surface area contributed by atoms with Gasteiger partial charge < -0.3 is 14.5 Å². The van der Waals surface area contributed by atoms with Crippen LogP contribution in [0.2, 0.25) is 0 Å². The first-order chi connectivity index (χ1) is 10.6. The summed E-state index contributed by atoms with van der Waals surface area (Å²) in [6.45, 7) is 8.52. The Balaban J connectivity index is 1.67. The number of rotatable bonds is 5. The fourth-order valence-electron chi connectivity index (χ4n) is 3.35. The topological polar surface area (TPSA) is 53.1 Å². The van der Waals surface area contributed by atoms with Crippen LogP contribution in [-0.2, 0) is 14.3 Å². The molecule has 0 spiro atoms. The molecule has 2 fully saturated rings. The number of hydrogen-bond acceptors (Lipinski definition) is 4. The molecule has 2 heterocycles. The van der Waals surface area contributed by atoms with E-state index in [1.54, 1.807) is 7.11 Å². The summed E-state index contributed by atoms with van der Waals surface area (Å²) in [5, 5.41) is 0. The lowest BCUT2D eigenvalue weighted by atomic mass is 9.95. The molecule has 2 amide bonds. The van der Waals surface area contributed by atoms with Gasteiger partial charge in [-0.25, -0.2) is 0 Å². The van der Waals surface area contributed by atoms with Crippen LogP contribution in [-0.4, -0.2) is 86.0 Å². The summed E-state index contributed by atoms with van der Waals surface area (Å²) in [4.78, 5) is 29.8. The van der Waals surface area contributed by atoms with E-state index in [2.05, 4.69) is 4.90 Å². The fraction of sp³-hybridized carbons (Fsp3) is 0.875. The molecule has 0 radical (unpaired) electrons. The number of likely N-dealkylation sites (tertiary alicyclic amines) is 1. The van der Waals surface area contributed by atoms with Crippen LogP contribution in [0.15, 0.2) is 0 Å². The molecule has 2 aliphatic heterocycles. The SMILES string of the molecule is CCC(=O)N1CCC(CN2CCN(C(=O)COC)CC2)CC1. The largest absolute Gasteiger partial charge is 0.375 e. The predicted molar refractivity (Wildman–Crippen MR) is 84.5 cm³/mol. The van der Waals surface area contributed by atoms with Gasteiger partial charge in [0.1, 0.15) is 6.61 Å². The van der Waals surface area contributed by atoms with Gasteiger partial charge in [0.05, 0.1) is 0 Å². The van der Waals surface area contributed by atoms with Gasteiger partial charge in [-0.05, 0) is 18.8 Å². The van der Waals surface area contributed by atoms with Gasteiger partial charge in [-0.1, -0.05) is 6.92 Å². The van der Waals surface area contributed by atoms with Crippen LogP contribution in [0.3, 0.4) is 0 Å². The molecule has 0 aromatic heterocycles. The number of piperazine rings is 1. The molecule has 0 unspecified atom stereocenters. The van der Waals surface area contributed by atoms with Crippen molar-refractivity contribution in [3.63, 3.8) is 0 Å². The molecule has 0 aromatic rings. The van der Waals surface area contributed by atoms with Crippen LogP contribution < -0.4 is 0 Å². The monoisotopic (exact) mass is 311 g/mol. The molecule has 126 valence electrons. The van der Waals surface area contributed by atoms with Crippen LogP contribution in [0.25, 0.3) is 0 Å². The van der Waals surface area contributed by atoms with Gasteiger partial charge in [0, 0.05) is 59.3 Å². The van der Waals surface area contributed by atoms with Crippen LogP contribution in [0, 0.1) is 5.92 Å². The van der Waals surface area contributed by atoms with Crippen LogP contribution in [0.5, 0.6) is 0 Å². The maximum Gasteiger partial charge on any atom is 0.248 e. The lowest BCUT2D eigenvalue weighted by Crippen LogP contribution is -2.51. The molecule has 2 saturated heterocycles. The number of amides is 2. The zero-order chi connectivity index (χ0) is 15.9. The van der Waals surface area contributed by atoms with Gasteiger partial charge in [0.2, 0.25) is 11.8 Å². The minimum Gasteiger partial charge on any atom is -0.375 e. The third-order valence-electron chi connectivity index (χ3n) is 4.78. The summed E-state index contributed by atoms with van der Waals surface area (Å²) < 4.78 is 4.91. The Hall–Kier alpha value is -1.14. The number of methoxy groups -OCH3 is 1. The number of hydrogen-bond donors (Lipinski definition) is 0. The molecule has 2 aliphatic rings. The summed E-state index contributed by atoms with van der Waals surface area (Å²) in [7, 11) is 1.56. The highest BCUT2D eigenvalue weighted by molar-refractivity contribution is 5.77. The van der Waals surface area contributed by atoms with Crippen LogP contribution in [0.1, 0.15) is 26.2 Å². The predicted octanol–water partition coefficient (Wildman–Crippen LogP) is 0.426. The Morgan fingerprint density at radius 3 is 2.09 bits per heavy atom. The summed E-state index contributed by atoms with van der Waals surface area (Å²) in [6, 6.07) is 0. The maximum atomic E-state index is 11.8. The van der Waals surface area contributed by atoms with Crippen LogP contribution in [0.4, 0.5) is 0 Å². The molecule has 6 nitrogen and oxygen atoms in total. The Morgan fingerprint density at radius 2 is 1.55 bits per heavy atom. The number of ether oxygens (including phenoxy) is 1. The van der Waals surface area contributed by atoms with Gasteiger partial charge in [0.15, 0.2) is 0 Å². The quantitative estimate of drug-likeness (QED) is 0.739. The van der Waals surface area contributed by atoms with Gasteiger partial charge in [-0.2, -0.15) is 0 Å². The van der Waals surface area contributed by atoms with E-state index in [1.165, 1.54) is 0 Å². The lowest BCUT2D eigenvalue weighted by Gasteiger charge is -2.38. The Morgan fingerprint density at radius 1 is 0.955 bits per heavy atom. The Kier molecular flexibility index (Phi) is 6.64. The van der Waals surface area contributed by atoms with E-state index in [-0.39, 0.29) is 18.4 Å². The summed E-state index contributed by atoms with van der Waals surface area (Å²) in [6.07, 6.45) is 2.82. The molecule has 0 saturated carbocycles. The first-order valence-corrected chi connectivity index (χ1v) is 8.40. The van der Waals surface area contributed by atoms with Crippen molar-refractivity contribution < 1.29 is 14.3 Å². The van der Waals surface area contributed by atoms with Crippen molar-refractivity contribution in [3.8, 4) is 0 Å².